The van der Waals surface area contributed by atoms with Crippen molar-refractivity contribution in [2.75, 3.05) is 26.8 Å². The van der Waals surface area contributed by atoms with Crippen molar-refractivity contribution in [1.82, 2.24) is 5.32 Å². The number of benzene rings is 1. The second-order valence-electron chi connectivity index (χ2n) is 4.51. The Kier molecular flexibility index (Phi) is 7.62. The summed E-state index contributed by atoms with van der Waals surface area (Å²) in [7, 11) is 1.72. The number of unbranched alkanes of at least 4 members (excludes halogenated alkanes) is 1. The smallest absolute Gasteiger partial charge is 0.126 e. The van der Waals surface area contributed by atoms with Crippen LogP contribution in [0.3, 0.4) is 0 Å². The molecule has 2 nitrogen and oxygen atoms in total. The van der Waals surface area contributed by atoms with Crippen LogP contribution in [0.1, 0.15) is 37.7 Å². The monoisotopic (exact) mass is 253 g/mol. The van der Waals surface area contributed by atoms with Crippen LogP contribution >= 0.6 is 0 Å². The first-order valence-corrected chi connectivity index (χ1v) is 6.73. The van der Waals surface area contributed by atoms with Crippen molar-refractivity contribution in [1.29, 1.82) is 0 Å². The standard InChI is InChI=1S/C15H24FNO/c1-3-17-12-13(8-6-7-11-18-2)14-9-4-5-10-15(14)16/h4-5,9-10,13,17H,3,6-8,11-12H2,1-2H3. The van der Waals surface area contributed by atoms with Gasteiger partial charge in [0.2, 0.25) is 0 Å². The Bertz CT molecular complexity index is 330. The molecule has 1 aromatic rings. The van der Waals surface area contributed by atoms with Crippen molar-refractivity contribution in [2.45, 2.75) is 32.1 Å². The molecular formula is C15H24FNO. The fourth-order valence-corrected chi connectivity index (χ4v) is 2.13. The van der Waals surface area contributed by atoms with Crippen LogP contribution in [0.2, 0.25) is 0 Å². The summed E-state index contributed by atoms with van der Waals surface area (Å²) < 4.78 is 18.8. The Balaban J connectivity index is 2.57. The molecule has 0 bridgehead atoms. The number of rotatable bonds is 9. The van der Waals surface area contributed by atoms with Crippen LogP contribution in [0.25, 0.3) is 0 Å². The summed E-state index contributed by atoms with van der Waals surface area (Å²) in [5.41, 5.74) is 0.830. The van der Waals surface area contributed by atoms with Gasteiger partial charge in [0.15, 0.2) is 0 Å². The molecule has 0 aromatic heterocycles. The molecule has 1 aromatic carbocycles. The van der Waals surface area contributed by atoms with E-state index >= 15 is 0 Å². The minimum Gasteiger partial charge on any atom is -0.385 e. The van der Waals surface area contributed by atoms with Crippen LogP contribution in [0.5, 0.6) is 0 Å². The van der Waals surface area contributed by atoms with Crippen LogP contribution in [-0.4, -0.2) is 26.8 Å². The molecule has 1 rings (SSSR count). The van der Waals surface area contributed by atoms with Gasteiger partial charge in [-0.05, 0) is 36.9 Å². The first-order valence-electron chi connectivity index (χ1n) is 6.73. The van der Waals surface area contributed by atoms with E-state index in [0.29, 0.717) is 0 Å². The third kappa shape index (κ3) is 5.15. The van der Waals surface area contributed by atoms with Gasteiger partial charge in [-0.25, -0.2) is 4.39 Å². The number of methoxy groups -OCH3 is 1. The molecule has 0 heterocycles. The average Bonchev–Trinajstić information content (AvgIpc) is 2.39. The zero-order valence-corrected chi connectivity index (χ0v) is 11.4. The van der Waals surface area contributed by atoms with Crippen LogP contribution in [0.4, 0.5) is 4.39 Å². The number of hydrogen-bond donors (Lipinski definition) is 1. The Morgan fingerprint density at radius 2 is 2.06 bits per heavy atom. The van der Waals surface area contributed by atoms with Gasteiger partial charge >= 0.3 is 0 Å². The lowest BCUT2D eigenvalue weighted by molar-refractivity contribution is 0.191. The fraction of sp³-hybridized carbons (Fsp3) is 0.600. The van der Waals surface area contributed by atoms with Gasteiger partial charge in [0, 0.05) is 20.3 Å². The quantitative estimate of drug-likeness (QED) is 0.682. The number of halogens is 1. The number of nitrogens with one attached hydrogen (secondary N) is 1. The Hall–Kier alpha value is -0.930. The Labute approximate surface area is 110 Å². The lowest BCUT2D eigenvalue weighted by Gasteiger charge is -2.18. The van der Waals surface area contributed by atoms with Crippen molar-refractivity contribution >= 4 is 0 Å². The van der Waals surface area contributed by atoms with Gasteiger partial charge in [-0.15, -0.1) is 0 Å². The van der Waals surface area contributed by atoms with Crippen LogP contribution in [0.15, 0.2) is 24.3 Å². The molecule has 0 saturated carbocycles. The van der Waals surface area contributed by atoms with Crippen molar-refractivity contribution in [3.8, 4) is 0 Å². The Morgan fingerprint density at radius 1 is 1.28 bits per heavy atom. The average molecular weight is 253 g/mol. The van der Waals surface area contributed by atoms with Crippen molar-refractivity contribution in [3.05, 3.63) is 35.6 Å². The minimum atomic E-state index is -0.0906. The summed E-state index contributed by atoms with van der Waals surface area (Å²) in [4.78, 5) is 0. The zero-order chi connectivity index (χ0) is 13.2. The highest BCUT2D eigenvalue weighted by Crippen LogP contribution is 2.24. The van der Waals surface area contributed by atoms with E-state index in [1.54, 1.807) is 19.2 Å². The largest absolute Gasteiger partial charge is 0.385 e. The topological polar surface area (TPSA) is 21.3 Å². The van der Waals surface area contributed by atoms with Gasteiger partial charge in [-0.2, -0.15) is 0 Å². The molecular weight excluding hydrogens is 229 g/mol. The van der Waals surface area contributed by atoms with Crippen molar-refractivity contribution in [2.24, 2.45) is 0 Å². The molecule has 0 aliphatic heterocycles. The predicted molar refractivity (Wildman–Crippen MR) is 73.4 cm³/mol. The molecule has 1 N–H and O–H groups in total. The first kappa shape index (κ1) is 15.1. The third-order valence-corrected chi connectivity index (χ3v) is 3.14. The molecule has 0 saturated heterocycles. The lowest BCUT2D eigenvalue weighted by Crippen LogP contribution is -2.22. The SMILES string of the molecule is CCNCC(CCCCOC)c1ccccc1F. The highest BCUT2D eigenvalue weighted by Gasteiger charge is 2.14. The summed E-state index contributed by atoms with van der Waals surface area (Å²) in [6, 6.07) is 7.09. The molecule has 0 amide bonds. The van der Waals surface area contributed by atoms with Gasteiger partial charge in [0.25, 0.3) is 0 Å². The number of ether oxygens (including phenoxy) is 1. The van der Waals surface area contributed by atoms with Crippen LogP contribution in [-0.2, 0) is 4.74 Å². The molecule has 0 spiro atoms. The first-order chi connectivity index (χ1) is 8.79. The second kappa shape index (κ2) is 9.06. The molecule has 1 unspecified atom stereocenters. The molecule has 1 atom stereocenters. The lowest BCUT2D eigenvalue weighted by atomic mass is 9.93. The maximum absolute atomic E-state index is 13.8. The summed E-state index contributed by atoms with van der Waals surface area (Å²) in [6.45, 7) is 4.61. The van der Waals surface area contributed by atoms with Crippen LogP contribution < -0.4 is 5.32 Å². The molecule has 102 valence electrons. The van der Waals surface area contributed by atoms with Gasteiger partial charge < -0.3 is 10.1 Å². The van der Waals surface area contributed by atoms with E-state index in [1.807, 2.05) is 12.1 Å². The maximum atomic E-state index is 13.8. The van der Waals surface area contributed by atoms with E-state index in [4.69, 9.17) is 4.74 Å². The summed E-state index contributed by atoms with van der Waals surface area (Å²) in [5.74, 6) is 0.162. The minimum absolute atomic E-state index is 0.0906. The molecule has 0 fully saturated rings. The van der Waals surface area contributed by atoms with E-state index in [9.17, 15) is 4.39 Å². The van der Waals surface area contributed by atoms with Gasteiger partial charge in [-0.3, -0.25) is 0 Å². The Morgan fingerprint density at radius 3 is 2.72 bits per heavy atom. The molecule has 0 aliphatic carbocycles. The van der Waals surface area contributed by atoms with Gasteiger partial charge in [0.1, 0.15) is 5.82 Å². The predicted octanol–water partition coefficient (Wildman–Crippen LogP) is 3.34. The molecule has 0 radical (unpaired) electrons. The van der Waals surface area contributed by atoms with Gasteiger partial charge in [0.05, 0.1) is 0 Å². The van der Waals surface area contributed by atoms with Crippen molar-refractivity contribution < 1.29 is 9.13 Å². The van der Waals surface area contributed by atoms with Crippen LogP contribution in [0, 0.1) is 5.82 Å². The second-order valence-corrected chi connectivity index (χ2v) is 4.51. The molecule has 0 aliphatic rings. The highest BCUT2D eigenvalue weighted by molar-refractivity contribution is 5.22. The van der Waals surface area contributed by atoms with E-state index < -0.39 is 0 Å². The van der Waals surface area contributed by atoms with E-state index in [0.717, 1.165) is 44.5 Å². The fourth-order valence-electron chi connectivity index (χ4n) is 2.13. The van der Waals surface area contributed by atoms with E-state index in [-0.39, 0.29) is 11.7 Å². The summed E-state index contributed by atoms with van der Waals surface area (Å²) in [5, 5.41) is 3.32. The molecule has 18 heavy (non-hydrogen) atoms. The highest BCUT2D eigenvalue weighted by atomic mass is 19.1. The van der Waals surface area contributed by atoms with Crippen molar-refractivity contribution in [3.63, 3.8) is 0 Å². The van der Waals surface area contributed by atoms with Gasteiger partial charge in [-0.1, -0.05) is 31.5 Å². The van der Waals surface area contributed by atoms with E-state index in [2.05, 4.69) is 12.2 Å². The number of hydrogen-bond acceptors (Lipinski definition) is 2. The zero-order valence-electron chi connectivity index (χ0n) is 11.4. The molecule has 3 heteroatoms. The summed E-state index contributed by atoms with van der Waals surface area (Å²) in [6.07, 6.45) is 3.10. The number of likely N-dealkylation sites (N-methyl/N-ethyl adjacent to an activating group) is 1. The van der Waals surface area contributed by atoms with E-state index in [1.165, 1.54) is 0 Å². The summed E-state index contributed by atoms with van der Waals surface area (Å²) >= 11 is 0. The maximum Gasteiger partial charge on any atom is 0.126 e. The third-order valence-electron chi connectivity index (χ3n) is 3.14. The normalized spacial score (nSPS) is 12.6.